The second-order valence-corrected chi connectivity index (χ2v) is 18.0. The number of nitrogens with one attached hydrogen (secondary N) is 12. The van der Waals surface area contributed by atoms with Gasteiger partial charge < -0.3 is 75.3 Å². The Morgan fingerprint density at radius 1 is 0.446 bits per heavy atom. The predicted molar refractivity (Wildman–Crippen MR) is 346 cm³/mol. The standard InChI is InChI=1S/2C8H11N.C5H11N.3C5H13N.C4H9N.2C4H11N.2C3H9N.3C2H7N/c1-9-7-8-5-3-2-4-6-8;1-7(9)8-5-3-2-4-6-8;1-2-4-6-5-3-1;1-4-6-5(2)3;1-3-4-5-6-2;1-3-5-6-4-2;1-2-4-5-3-1;1-4(2)5-3;1-3-4-5-2;1-3-4-2;1-3(2)4;3*1-3-2/h2-6,9H,7H2,1H3;2-7H,9H2,1H3;6H,1-5H2;5-6H,4H2,1-3H3;2*6H,3-5H2,1-2H3;5H,1-4H2;4-5H,1-3H3;5H,3-4H2,1-2H3;4H,3H2,1-2H3;3H,4H2,1-2H3;3*3H,1-2H3. The summed E-state index contributed by atoms with van der Waals surface area (Å²) in [5, 5.41) is 36.3. The summed E-state index contributed by atoms with van der Waals surface area (Å²) in [7, 11) is 21.0. The molecular formula is C60H142N14. The van der Waals surface area contributed by atoms with Crippen LogP contribution in [0.15, 0.2) is 60.7 Å². The molecule has 1 unspecified atom stereocenters. The fourth-order valence-corrected chi connectivity index (χ4v) is 4.35. The molecule has 2 aromatic carbocycles. The van der Waals surface area contributed by atoms with E-state index >= 15 is 0 Å². The molecule has 0 saturated carbocycles. The van der Waals surface area contributed by atoms with Crippen LogP contribution < -0.4 is 75.3 Å². The van der Waals surface area contributed by atoms with E-state index in [1.54, 1.807) is 0 Å². The summed E-state index contributed by atoms with van der Waals surface area (Å²) < 4.78 is 0. The van der Waals surface area contributed by atoms with Crippen molar-refractivity contribution in [3.05, 3.63) is 71.8 Å². The average molecular weight is 1060 g/mol. The molecule has 1 atom stereocenters. The van der Waals surface area contributed by atoms with E-state index in [4.69, 9.17) is 11.5 Å². The highest BCUT2D eigenvalue weighted by molar-refractivity contribution is 5.17. The highest BCUT2D eigenvalue weighted by Crippen LogP contribution is 2.06. The maximum Gasteiger partial charge on any atom is 0.0266 e. The Bertz CT molecular complexity index is 967. The Labute approximate surface area is 466 Å². The number of benzene rings is 2. The first-order chi connectivity index (χ1) is 35.4. The van der Waals surface area contributed by atoms with Crippen molar-refractivity contribution in [1.82, 2.24) is 63.8 Å². The summed E-state index contributed by atoms with van der Waals surface area (Å²) in [5.74, 6) is 0. The van der Waals surface area contributed by atoms with Gasteiger partial charge in [0.25, 0.3) is 0 Å². The first-order valence-electron chi connectivity index (χ1n) is 28.9. The fourth-order valence-electron chi connectivity index (χ4n) is 4.35. The van der Waals surface area contributed by atoms with Crippen molar-refractivity contribution in [2.75, 3.05) is 143 Å². The molecule has 74 heavy (non-hydrogen) atoms. The smallest absolute Gasteiger partial charge is 0.0266 e. The molecule has 0 spiro atoms. The molecule has 2 fully saturated rings. The molecule has 4 rings (SSSR count). The summed E-state index contributed by atoms with van der Waals surface area (Å²) in [6.45, 7) is 39.9. The van der Waals surface area contributed by atoms with Crippen LogP contribution >= 0.6 is 0 Å². The van der Waals surface area contributed by atoms with Gasteiger partial charge in [-0.3, -0.25) is 0 Å². The zero-order chi connectivity index (χ0) is 59.2. The topological polar surface area (TPSA) is 196 Å². The molecule has 16 N–H and O–H groups in total. The van der Waals surface area contributed by atoms with Gasteiger partial charge in [0.05, 0.1) is 0 Å². The van der Waals surface area contributed by atoms with Crippen molar-refractivity contribution in [3.63, 3.8) is 0 Å². The molecule has 2 saturated heterocycles. The van der Waals surface area contributed by atoms with Crippen LogP contribution in [0.2, 0.25) is 0 Å². The molecule has 2 aliphatic heterocycles. The van der Waals surface area contributed by atoms with Crippen LogP contribution in [0.5, 0.6) is 0 Å². The molecule has 14 nitrogen and oxygen atoms in total. The van der Waals surface area contributed by atoms with Crippen LogP contribution in [0.1, 0.15) is 165 Å². The van der Waals surface area contributed by atoms with E-state index in [1.807, 2.05) is 147 Å². The summed E-state index contributed by atoms with van der Waals surface area (Å²) in [4.78, 5) is 0. The maximum atomic E-state index is 5.61. The van der Waals surface area contributed by atoms with Crippen LogP contribution in [0.3, 0.4) is 0 Å². The molecule has 0 aliphatic carbocycles. The quantitative estimate of drug-likeness (QED) is 0.0758. The number of hydrogen-bond acceptors (Lipinski definition) is 14. The van der Waals surface area contributed by atoms with Gasteiger partial charge in [0.2, 0.25) is 0 Å². The normalized spacial score (nSPS) is 11.4. The van der Waals surface area contributed by atoms with E-state index in [0.29, 0.717) is 18.1 Å². The van der Waals surface area contributed by atoms with Gasteiger partial charge in [-0.05, 0) is 212 Å². The maximum absolute atomic E-state index is 5.61. The second-order valence-electron chi connectivity index (χ2n) is 18.0. The Hall–Kier alpha value is -2.12. The van der Waals surface area contributed by atoms with Crippen molar-refractivity contribution in [2.24, 2.45) is 11.5 Å². The van der Waals surface area contributed by atoms with Crippen LogP contribution in [0.4, 0.5) is 0 Å². The predicted octanol–water partition coefficient (Wildman–Crippen LogP) is 8.57. The van der Waals surface area contributed by atoms with Gasteiger partial charge in [-0.25, -0.2) is 0 Å². The summed E-state index contributed by atoms with van der Waals surface area (Å²) >= 11 is 0. The molecule has 2 aliphatic rings. The minimum atomic E-state index is 0.159. The van der Waals surface area contributed by atoms with Crippen LogP contribution in [-0.4, -0.2) is 161 Å². The SMILES string of the molecule is C1CCNC1.C1CCNCC1.CC(C)N.CC(N)c1ccccc1.CCCCNC.CCCNC.CCCNCC.CCNC.CCNC(C)C.CNC.CNC.CNC.CNC(C)C.CNCc1ccccc1. The molecule has 0 amide bonds. The highest BCUT2D eigenvalue weighted by atomic mass is 14.9. The summed E-state index contributed by atoms with van der Waals surface area (Å²) in [6, 6.07) is 22.2. The zero-order valence-electron chi connectivity index (χ0n) is 54.4. The number of rotatable bonds is 15. The van der Waals surface area contributed by atoms with E-state index in [-0.39, 0.29) is 6.04 Å². The second kappa shape index (κ2) is 103. The van der Waals surface area contributed by atoms with E-state index in [2.05, 4.69) is 145 Å². The lowest BCUT2D eigenvalue weighted by molar-refractivity contribution is 0.520. The van der Waals surface area contributed by atoms with Crippen molar-refractivity contribution in [2.45, 2.75) is 179 Å². The Balaban J connectivity index is -0.0000000755. The number of hydrogen-bond donors (Lipinski definition) is 14. The zero-order valence-corrected chi connectivity index (χ0v) is 54.4. The van der Waals surface area contributed by atoms with Crippen molar-refractivity contribution in [3.8, 4) is 0 Å². The van der Waals surface area contributed by atoms with Gasteiger partial charge in [-0.15, -0.1) is 0 Å². The van der Waals surface area contributed by atoms with E-state index in [0.717, 1.165) is 45.8 Å². The van der Waals surface area contributed by atoms with Crippen LogP contribution in [0.25, 0.3) is 0 Å². The van der Waals surface area contributed by atoms with Crippen LogP contribution in [-0.2, 0) is 6.54 Å². The molecule has 0 aromatic heterocycles. The molecule has 14 heteroatoms. The lowest BCUT2D eigenvalue weighted by atomic mass is 10.1. The largest absolute Gasteiger partial charge is 0.328 e. The fraction of sp³-hybridized carbons (Fsp3) is 0.800. The third kappa shape index (κ3) is 158. The Morgan fingerprint density at radius 2 is 0.811 bits per heavy atom. The lowest BCUT2D eigenvalue weighted by Gasteiger charge is -2.08. The van der Waals surface area contributed by atoms with Gasteiger partial charge in [0, 0.05) is 24.7 Å². The van der Waals surface area contributed by atoms with Gasteiger partial charge in [0.1, 0.15) is 0 Å². The average Bonchev–Trinajstić information content (AvgIpc) is 4.00. The summed E-state index contributed by atoms with van der Waals surface area (Å²) in [5.41, 5.74) is 13.3. The number of piperidine rings is 1. The minimum absolute atomic E-state index is 0.159. The van der Waals surface area contributed by atoms with E-state index < -0.39 is 0 Å². The van der Waals surface area contributed by atoms with Crippen molar-refractivity contribution in [1.29, 1.82) is 0 Å². The molecule has 452 valence electrons. The summed E-state index contributed by atoms with van der Waals surface area (Å²) in [6.07, 6.45) is 12.1. The van der Waals surface area contributed by atoms with E-state index in [9.17, 15) is 0 Å². The van der Waals surface area contributed by atoms with Crippen molar-refractivity contribution < 1.29 is 0 Å². The molecule has 0 bridgehead atoms. The van der Waals surface area contributed by atoms with Gasteiger partial charge in [0.15, 0.2) is 0 Å². The molecular weight excluding hydrogens is 917 g/mol. The van der Waals surface area contributed by atoms with Gasteiger partial charge in [-0.2, -0.15) is 0 Å². The third-order valence-electron chi connectivity index (χ3n) is 8.21. The first kappa shape index (κ1) is 94.3. The molecule has 0 radical (unpaired) electrons. The van der Waals surface area contributed by atoms with Gasteiger partial charge in [-0.1, -0.05) is 157 Å². The Kier molecular flexibility index (Phi) is 132. The molecule has 2 aromatic rings. The monoisotopic (exact) mass is 1060 g/mol. The number of unbranched alkanes of at least 4 members (excludes halogenated alkanes) is 1. The van der Waals surface area contributed by atoms with E-state index in [1.165, 1.54) is 95.1 Å². The minimum Gasteiger partial charge on any atom is -0.328 e. The number of nitrogens with two attached hydrogens (primary N) is 2. The molecule has 2 heterocycles. The van der Waals surface area contributed by atoms with Crippen LogP contribution in [0, 0.1) is 0 Å². The lowest BCUT2D eigenvalue weighted by Crippen LogP contribution is -2.21. The Morgan fingerprint density at radius 3 is 0.959 bits per heavy atom. The first-order valence-corrected chi connectivity index (χ1v) is 28.9. The van der Waals surface area contributed by atoms with Gasteiger partial charge >= 0.3 is 0 Å². The van der Waals surface area contributed by atoms with Crippen molar-refractivity contribution >= 4 is 0 Å². The third-order valence-corrected chi connectivity index (χ3v) is 8.21. The highest BCUT2D eigenvalue weighted by Gasteiger charge is 1.95.